The summed E-state index contributed by atoms with van der Waals surface area (Å²) in [5.74, 6) is 0. The molecule has 0 atom stereocenters. The third-order valence-corrected chi connectivity index (χ3v) is 0.916. The van der Waals surface area contributed by atoms with Crippen molar-refractivity contribution in [1.29, 1.82) is 0 Å². The summed E-state index contributed by atoms with van der Waals surface area (Å²) < 4.78 is 0. The first kappa shape index (κ1) is 6.68. The average Bonchev–Trinajstić information content (AvgIpc) is 2.01. The highest BCUT2D eigenvalue weighted by atomic mass is 14.7. The molecule has 0 unspecified atom stereocenters. The molecule has 10 heavy (non-hydrogen) atoms. The maximum absolute atomic E-state index is 3.89. The van der Waals surface area contributed by atoms with Gasteiger partial charge in [0.15, 0.2) is 0 Å². The number of rotatable bonds is 0. The van der Waals surface area contributed by atoms with Crippen LogP contribution in [0.15, 0.2) is 49.1 Å². The van der Waals surface area contributed by atoms with E-state index in [9.17, 15) is 0 Å². The molecular formula is C8H8N2. The van der Waals surface area contributed by atoms with E-state index >= 15 is 0 Å². The molecule has 0 radical (unpaired) electrons. The normalized spacial score (nSPS) is 8.00. The summed E-state index contributed by atoms with van der Waals surface area (Å²) >= 11 is 0. The molecule has 2 nitrogen and oxygen atoms in total. The minimum Gasteiger partial charge on any atom is -0.263 e. The Balaban J connectivity index is 3.00. The molecule has 0 bridgehead atoms. The van der Waals surface area contributed by atoms with E-state index in [1.165, 1.54) is 0 Å². The average molecular weight is 132 g/mol. The fourth-order valence-corrected chi connectivity index (χ4v) is 0.503. The highest BCUT2D eigenvalue weighted by molar-refractivity contribution is 4.88. The monoisotopic (exact) mass is 132 g/mol. The molecule has 2 heteroatoms. The van der Waals surface area contributed by atoms with Gasteiger partial charge in [0.1, 0.15) is 0 Å². The molecule has 1 rings (SSSR count). The molecule has 0 saturated heterocycles. The summed E-state index contributed by atoms with van der Waals surface area (Å²) in [4.78, 5) is 7.78. The second-order valence-electron chi connectivity index (χ2n) is 1.66. The molecule has 0 aliphatic rings. The first-order valence-corrected chi connectivity index (χ1v) is 3.03. The van der Waals surface area contributed by atoms with Crippen LogP contribution in [0.4, 0.5) is 0 Å². The van der Waals surface area contributed by atoms with Gasteiger partial charge in [0.25, 0.3) is 0 Å². The SMILES string of the molecule is c1cccnccncc1. The van der Waals surface area contributed by atoms with Crippen molar-refractivity contribution in [3.63, 3.8) is 0 Å². The van der Waals surface area contributed by atoms with Crippen LogP contribution < -0.4 is 0 Å². The van der Waals surface area contributed by atoms with Crippen molar-refractivity contribution in [3.8, 4) is 0 Å². The Hall–Kier alpha value is -1.44. The topological polar surface area (TPSA) is 25.8 Å². The Morgan fingerprint density at radius 1 is 0.500 bits per heavy atom. The molecule has 0 saturated carbocycles. The van der Waals surface area contributed by atoms with Crippen molar-refractivity contribution in [2.24, 2.45) is 0 Å². The van der Waals surface area contributed by atoms with Gasteiger partial charge in [-0.05, 0) is 12.1 Å². The van der Waals surface area contributed by atoms with Gasteiger partial charge in [0, 0.05) is 24.8 Å². The van der Waals surface area contributed by atoms with Crippen LogP contribution in [0.3, 0.4) is 0 Å². The second kappa shape index (κ2) is 4.44. The molecule has 0 aliphatic heterocycles. The van der Waals surface area contributed by atoms with Crippen molar-refractivity contribution in [3.05, 3.63) is 49.1 Å². The lowest BCUT2D eigenvalue weighted by Gasteiger charge is -1.70. The zero-order chi connectivity index (χ0) is 7.07. The quantitative estimate of drug-likeness (QED) is 0.535. The first-order valence-electron chi connectivity index (χ1n) is 3.03. The smallest absolute Gasteiger partial charge is 0.0450 e. The fourth-order valence-electron chi connectivity index (χ4n) is 0.503. The molecule has 0 amide bonds. The molecule has 1 heterocycles. The van der Waals surface area contributed by atoms with E-state index in [-0.39, 0.29) is 0 Å². The van der Waals surface area contributed by atoms with Crippen LogP contribution >= 0.6 is 0 Å². The number of aromatic nitrogens is 2. The van der Waals surface area contributed by atoms with Crippen LogP contribution in [0.25, 0.3) is 0 Å². The van der Waals surface area contributed by atoms with E-state index in [1.807, 2.05) is 24.3 Å². The summed E-state index contributed by atoms with van der Waals surface area (Å²) in [7, 11) is 0. The maximum atomic E-state index is 3.89. The van der Waals surface area contributed by atoms with Crippen LogP contribution in [-0.2, 0) is 0 Å². The molecule has 1 aromatic rings. The second-order valence-corrected chi connectivity index (χ2v) is 1.66. The lowest BCUT2D eigenvalue weighted by molar-refractivity contribution is 1.27. The van der Waals surface area contributed by atoms with Crippen LogP contribution in [-0.4, -0.2) is 9.97 Å². The molecule has 0 aliphatic carbocycles. The molecule has 1 aromatic heterocycles. The highest BCUT2D eigenvalue weighted by Crippen LogP contribution is 1.73. The predicted molar refractivity (Wildman–Crippen MR) is 39.7 cm³/mol. The molecule has 0 spiro atoms. The van der Waals surface area contributed by atoms with Crippen LogP contribution in [0.2, 0.25) is 0 Å². The van der Waals surface area contributed by atoms with Gasteiger partial charge >= 0.3 is 0 Å². The number of hydrogen-bond acceptors (Lipinski definition) is 2. The van der Waals surface area contributed by atoms with E-state index in [0.717, 1.165) is 0 Å². The zero-order valence-electron chi connectivity index (χ0n) is 5.51. The molecular weight excluding hydrogens is 124 g/mol. The van der Waals surface area contributed by atoms with Gasteiger partial charge in [-0.3, -0.25) is 9.97 Å². The molecule has 50 valence electrons. The van der Waals surface area contributed by atoms with Crippen LogP contribution in [0.5, 0.6) is 0 Å². The Kier molecular flexibility index (Phi) is 2.96. The number of nitrogens with zero attached hydrogens (tertiary/aromatic N) is 2. The zero-order valence-corrected chi connectivity index (χ0v) is 5.51. The lowest BCUT2D eigenvalue weighted by atomic mass is 10.5. The van der Waals surface area contributed by atoms with Gasteiger partial charge in [0.2, 0.25) is 0 Å². The Morgan fingerprint density at radius 3 is 1.50 bits per heavy atom. The standard InChI is InChI=1S/C8H8N2/c1-2-4-6-10-8-7-9-5-3-1/h1-8H. The third kappa shape index (κ3) is 2.77. The minimum absolute atomic E-state index is 1.64. The van der Waals surface area contributed by atoms with Gasteiger partial charge in [-0.1, -0.05) is 12.1 Å². The largest absolute Gasteiger partial charge is 0.263 e. The van der Waals surface area contributed by atoms with Gasteiger partial charge in [0.05, 0.1) is 0 Å². The first-order chi connectivity index (χ1) is 5.00. The fraction of sp³-hybridized carbons (Fsp3) is 0. The number of hydrogen-bond donors (Lipinski definition) is 0. The lowest BCUT2D eigenvalue weighted by Crippen LogP contribution is -1.61. The van der Waals surface area contributed by atoms with Crippen molar-refractivity contribution in [1.82, 2.24) is 9.97 Å². The predicted octanol–water partition coefficient (Wildman–Crippen LogP) is 1.60. The summed E-state index contributed by atoms with van der Waals surface area (Å²) in [5.41, 5.74) is 0. The molecule has 0 fully saturated rings. The van der Waals surface area contributed by atoms with Crippen LogP contribution in [0, 0.1) is 0 Å². The summed E-state index contributed by atoms with van der Waals surface area (Å²) in [6.45, 7) is 0. The van der Waals surface area contributed by atoms with Gasteiger partial charge in [-0.2, -0.15) is 0 Å². The van der Waals surface area contributed by atoms with Crippen molar-refractivity contribution >= 4 is 0 Å². The summed E-state index contributed by atoms with van der Waals surface area (Å²) in [6.07, 6.45) is 6.70. The van der Waals surface area contributed by atoms with E-state index in [1.54, 1.807) is 24.8 Å². The highest BCUT2D eigenvalue weighted by Gasteiger charge is 1.59. The van der Waals surface area contributed by atoms with Crippen molar-refractivity contribution in [2.45, 2.75) is 0 Å². The van der Waals surface area contributed by atoms with E-state index in [4.69, 9.17) is 0 Å². The van der Waals surface area contributed by atoms with Gasteiger partial charge < -0.3 is 0 Å². The molecule has 0 aromatic carbocycles. The Morgan fingerprint density at radius 2 is 1.00 bits per heavy atom. The molecule has 0 N–H and O–H groups in total. The minimum atomic E-state index is 1.64. The van der Waals surface area contributed by atoms with Crippen LogP contribution in [0.1, 0.15) is 0 Å². The van der Waals surface area contributed by atoms with E-state index in [2.05, 4.69) is 9.97 Å². The van der Waals surface area contributed by atoms with Crippen molar-refractivity contribution in [2.75, 3.05) is 0 Å². The Labute approximate surface area is 59.9 Å². The Bertz CT molecular complexity index is 146. The summed E-state index contributed by atoms with van der Waals surface area (Å²) in [6, 6.07) is 7.52. The summed E-state index contributed by atoms with van der Waals surface area (Å²) in [5, 5.41) is 0. The third-order valence-electron chi connectivity index (χ3n) is 0.916. The van der Waals surface area contributed by atoms with E-state index in [0.29, 0.717) is 0 Å². The van der Waals surface area contributed by atoms with Gasteiger partial charge in [-0.25, -0.2) is 0 Å². The van der Waals surface area contributed by atoms with Crippen molar-refractivity contribution < 1.29 is 0 Å². The van der Waals surface area contributed by atoms with Gasteiger partial charge in [-0.15, -0.1) is 0 Å². The van der Waals surface area contributed by atoms with E-state index < -0.39 is 0 Å². The maximum Gasteiger partial charge on any atom is 0.0450 e.